The zero-order chi connectivity index (χ0) is 13.8. The predicted octanol–water partition coefficient (Wildman–Crippen LogP) is 1.17. The van der Waals surface area contributed by atoms with Crippen molar-refractivity contribution in [1.29, 1.82) is 0 Å². The van der Waals surface area contributed by atoms with E-state index in [1.807, 2.05) is 18.4 Å². The topological polar surface area (TPSA) is 69.6 Å². The molecule has 1 atom stereocenters. The molecule has 2 rings (SSSR count). The summed E-state index contributed by atoms with van der Waals surface area (Å²) in [4.78, 5) is 25.3. The molecule has 0 bridgehead atoms. The van der Waals surface area contributed by atoms with E-state index in [-0.39, 0.29) is 11.9 Å². The summed E-state index contributed by atoms with van der Waals surface area (Å²) >= 11 is 1.58. The molecule has 0 aliphatic carbocycles. The average molecular weight is 280 g/mol. The SMILES string of the molecule is CC1C(=O)NCCN1Cc1sccc1C=CC(=O)O. The molecule has 1 aliphatic rings. The molecule has 19 heavy (non-hydrogen) atoms. The fourth-order valence-corrected chi connectivity index (χ4v) is 2.91. The lowest BCUT2D eigenvalue weighted by molar-refractivity contribution is -0.131. The number of thiophene rings is 1. The molecule has 0 spiro atoms. The van der Waals surface area contributed by atoms with Crippen molar-refractivity contribution in [2.75, 3.05) is 13.1 Å². The molecule has 1 fully saturated rings. The van der Waals surface area contributed by atoms with Gasteiger partial charge in [0.1, 0.15) is 0 Å². The number of amides is 1. The molecule has 0 saturated carbocycles. The summed E-state index contributed by atoms with van der Waals surface area (Å²) in [7, 11) is 0. The van der Waals surface area contributed by atoms with Crippen LogP contribution in [0, 0.1) is 0 Å². The van der Waals surface area contributed by atoms with Gasteiger partial charge in [0.05, 0.1) is 6.04 Å². The fraction of sp³-hybridized carbons (Fsp3) is 0.385. The Balaban J connectivity index is 2.09. The number of nitrogens with zero attached hydrogens (tertiary/aromatic N) is 1. The van der Waals surface area contributed by atoms with Crippen LogP contribution in [0.5, 0.6) is 0 Å². The fourth-order valence-electron chi connectivity index (χ4n) is 2.02. The highest BCUT2D eigenvalue weighted by Gasteiger charge is 2.25. The van der Waals surface area contributed by atoms with Crippen LogP contribution in [0.2, 0.25) is 0 Å². The van der Waals surface area contributed by atoms with Crippen LogP contribution >= 0.6 is 11.3 Å². The summed E-state index contributed by atoms with van der Waals surface area (Å²) < 4.78 is 0. The molecule has 2 N–H and O–H groups in total. The average Bonchev–Trinajstić information content (AvgIpc) is 2.80. The van der Waals surface area contributed by atoms with E-state index in [2.05, 4.69) is 10.2 Å². The van der Waals surface area contributed by atoms with Crippen LogP contribution in [-0.4, -0.2) is 41.0 Å². The van der Waals surface area contributed by atoms with Gasteiger partial charge >= 0.3 is 5.97 Å². The minimum Gasteiger partial charge on any atom is -0.478 e. The lowest BCUT2D eigenvalue weighted by Gasteiger charge is -2.32. The van der Waals surface area contributed by atoms with Gasteiger partial charge in [0, 0.05) is 30.6 Å². The van der Waals surface area contributed by atoms with Crippen LogP contribution in [-0.2, 0) is 16.1 Å². The van der Waals surface area contributed by atoms with E-state index in [0.717, 1.165) is 23.1 Å². The van der Waals surface area contributed by atoms with Gasteiger partial charge in [-0.3, -0.25) is 9.69 Å². The Kier molecular flexibility index (Phi) is 4.34. The van der Waals surface area contributed by atoms with Crippen molar-refractivity contribution in [3.05, 3.63) is 28.0 Å². The van der Waals surface area contributed by atoms with E-state index in [1.54, 1.807) is 17.4 Å². The first-order valence-corrected chi connectivity index (χ1v) is 6.95. The first-order valence-electron chi connectivity index (χ1n) is 6.07. The molecular weight excluding hydrogens is 264 g/mol. The van der Waals surface area contributed by atoms with Gasteiger partial charge in [0.2, 0.25) is 5.91 Å². The smallest absolute Gasteiger partial charge is 0.328 e. The number of carbonyl (C=O) groups is 2. The highest BCUT2D eigenvalue weighted by molar-refractivity contribution is 7.10. The lowest BCUT2D eigenvalue weighted by Crippen LogP contribution is -2.53. The van der Waals surface area contributed by atoms with Crippen molar-refractivity contribution in [2.24, 2.45) is 0 Å². The molecule has 1 aliphatic heterocycles. The molecule has 102 valence electrons. The second-order valence-electron chi connectivity index (χ2n) is 4.41. The van der Waals surface area contributed by atoms with Crippen LogP contribution < -0.4 is 5.32 Å². The van der Waals surface area contributed by atoms with Gasteiger partial charge in [-0.15, -0.1) is 11.3 Å². The standard InChI is InChI=1S/C13H16N2O3S/c1-9-13(18)14-5-6-15(9)8-11-10(4-7-19-11)2-3-12(16)17/h2-4,7,9H,5-6,8H2,1H3,(H,14,18)(H,16,17). The third-order valence-electron chi connectivity index (χ3n) is 3.16. The minimum absolute atomic E-state index is 0.0467. The van der Waals surface area contributed by atoms with E-state index in [0.29, 0.717) is 13.1 Å². The zero-order valence-corrected chi connectivity index (χ0v) is 11.4. The van der Waals surface area contributed by atoms with Crippen LogP contribution in [0.4, 0.5) is 0 Å². The normalized spacial score (nSPS) is 20.7. The Morgan fingerprint density at radius 3 is 3.21 bits per heavy atom. The van der Waals surface area contributed by atoms with Crippen molar-refractivity contribution in [3.63, 3.8) is 0 Å². The Bertz CT molecular complexity index is 510. The van der Waals surface area contributed by atoms with E-state index in [1.165, 1.54) is 0 Å². The van der Waals surface area contributed by atoms with Crippen LogP contribution in [0.25, 0.3) is 6.08 Å². The maximum absolute atomic E-state index is 11.6. The maximum Gasteiger partial charge on any atom is 0.328 e. The van der Waals surface area contributed by atoms with Gasteiger partial charge in [-0.2, -0.15) is 0 Å². The van der Waals surface area contributed by atoms with Gasteiger partial charge in [-0.1, -0.05) is 0 Å². The van der Waals surface area contributed by atoms with Gasteiger partial charge in [-0.25, -0.2) is 4.79 Å². The van der Waals surface area contributed by atoms with Crippen molar-refractivity contribution < 1.29 is 14.7 Å². The number of piperazine rings is 1. The van der Waals surface area contributed by atoms with Crippen molar-refractivity contribution in [1.82, 2.24) is 10.2 Å². The minimum atomic E-state index is -0.956. The highest BCUT2D eigenvalue weighted by Crippen LogP contribution is 2.22. The third kappa shape index (κ3) is 3.42. The van der Waals surface area contributed by atoms with E-state index < -0.39 is 5.97 Å². The highest BCUT2D eigenvalue weighted by atomic mass is 32.1. The van der Waals surface area contributed by atoms with Gasteiger partial charge < -0.3 is 10.4 Å². The lowest BCUT2D eigenvalue weighted by atomic mass is 10.1. The van der Waals surface area contributed by atoms with Crippen LogP contribution in [0.1, 0.15) is 17.4 Å². The van der Waals surface area contributed by atoms with Gasteiger partial charge in [0.25, 0.3) is 0 Å². The Hall–Kier alpha value is -1.66. The molecular formula is C13H16N2O3S. The Morgan fingerprint density at radius 2 is 2.47 bits per heavy atom. The van der Waals surface area contributed by atoms with Crippen LogP contribution in [0.3, 0.4) is 0 Å². The molecule has 1 aromatic heterocycles. The largest absolute Gasteiger partial charge is 0.478 e. The number of nitrogens with one attached hydrogen (secondary N) is 1. The monoisotopic (exact) mass is 280 g/mol. The summed E-state index contributed by atoms with van der Waals surface area (Å²) in [5.74, 6) is -0.909. The molecule has 0 aromatic carbocycles. The second-order valence-corrected chi connectivity index (χ2v) is 5.41. The Morgan fingerprint density at radius 1 is 1.68 bits per heavy atom. The molecule has 0 radical (unpaired) electrons. The maximum atomic E-state index is 11.6. The molecule has 6 heteroatoms. The van der Waals surface area contributed by atoms with Crippen LogP contribution in [0.15, 0.2) is 17.5 Å². The number of carbonyl (C=O) groups excluding carboxylic acids is 1. The first-order chi connectivity index (χ1) is 9.08. The van der Waals surface area contributed by atoms with Crippen molar-refractivity contribution in [2.45, 2.75) is 19.5 Å². The summed E-state index contributed by atoms with van der Waals surface area (Å²) in [6, 6.07) is 1.75. The number of carboxylic acids is 1. The summed E-state index contributed by atoms with van der Waals surface area (Å²) in [6.07, 6.45) is 2.74. The second kappa shape index (κ2) is 5.99. The molecule has 1 aromatic rings. The zero-order valence-electron chi connectivity index (χ0n) is 10.6. The molecule has 1 unspecified atom stereocenters. The number of aliphatic carboxylic acids is 1. The molecule has 5 nitrogen and oxygen atoms in total. The summed E-state index contributed by atoms with van der Waals surface area (Å²) in [5, 5.41) is 13.4. The Labute approximate surface area is 115 Å². The number of carboxylic acid groups (broad SMARTS) is 1. The van der Waals surface area contributed by atoms with Gasteiger partial charge in [0.15, 0.2) is 0 Å². The van der Waals surface area contributed by atoms with Crippen molar-refractivity contribution in [3.8, 4) is 0 Å². The van der Waals surface area contributed by atoms with Gasteiger partial charge in [-0.05, 0) is 30.0 Å². The van der Waals surface area contributed by atoms with E-state index >= 15 is 0 Å². The van der Waals surface area contributed by atoms with E-state index in [4.69, 9.17) is 5.11 Å². The number of hydrogen-bond donors (Lipinski definition) is 2. The van der Waals surface area contributed by atoms with E-state index in [9.17, 15) is 9.59 Å². The third-order valence-corrected chi connectivity index (χ3v) is 4.08. The summed E-state index contributed by atoms with van der Waals surface area (Å²) in [5.41, 5.74) is 0.908. The molecule has 1 saturated heterocycles. The first kappa shape index (κ1) is 13.8. The predicted molar refractivity (Wildman–Crippen MR) is 73.9 cm³/mol. The number of rotatable bonds is 4. The molecule has 2 heterocycles. The quantitative estimate of drug-likeness (QED) is 0.812. The summed E-state index contributed by atoms with van der Waals surface area (Å²) in [6.45, 7) is 4.03. The molecule has 1 amide bonds. The number of hydrogen-bond acceptors (Lipinski definition) is 4. The van der Waals surface area contributed by atoms with Crippen molar-refractivity contribution >= 4 is 29.3 Å².